The van der Waals surface area contributed by atoms with Gasteiger partial charge >= 0.3 is 0 Å². The van der Waals surface area contributed by atoms with Crippen LogP contribution in [-0.2, 0) is 0 Å². The summed E-state index contributed by atoms with van der Waals surface area (Å²) in [4.78, 5) is 21.5. The summed E-state index contributed by atoms with van der Waals surface area (Å²) in [7, 11) is 0. The Hall–Kier alpha value is -2.86. The zero-order valence-electron chi connectivity index (χ0n) is 14.8. The van der Waals surface area contributed by atoms with Crippen LogP contribution in [0.1, 0.15) is 10.4 Å². The van der Waals surface area contributed by atoms with Crippen LogP contribution in [0.4, 0.5) is 5.95 Å². The number of fused-ring (bicyclic) bond motifs is 1. The van der Waals surface area contributed by atoms with E-state index in [1.165, 1.54) is 6.07 Å². The van der Waals surface area contributed by atoms with Crippen molar-refractivity contribution in [1.29, 1.82) is 0 Å². The summed E-state index contributed by atoms with van der Waals surface area (Å²) in [6, 6.07) is 19.7. The number of anilines is 1. The maximum atomic E-state index is 12.4. The monoisotopic (exact) mass is 442 g/mol. The second-order valence-corrected chi connectivity index (χ2v) is 7.41. The first-order chi connectivity index (χ1) is 14.0. The molecule has 5 nitrogen and oxygen atoms in total. The summed E-state index contributed by atoms with van der Waals surface area (Å²) in [5.74, 6) is -0.204. The number of aromatic nitrogens is 2. The van der Waals surface area contributed by atoms with Crippen LogP contribution in [-0.4, -0.2) is 15.9 Å². The molecule has 0 aliphatic carbocycles. The van der Waals surface area contributed by atoms with Crippen molar-refractivity contribution in [3.05, 3.63) is 87.4 Å². The Labute approximate surface area is 181 Å². The molecule has 0 saturated heterocycles. The largest absolute Gasteiger partial charge is 0.271 e. The molecule has 4 aromatic rings. The first-order valence-electron chi connectivity index (χ1n) is 8.55. The summed E-state index contributed by atoms with van der Waals surface area (Å²) in [5.41, 5.74) is 7.87. The topological polar surface area (TPSA) is 66.9 Å². The number of hydrogen-bond donors (Lipinski definition) is 2. The summed E-state index contributed by atoms with van der Waals surface area (Å²) in [6.07, 6.45) is 0. The van der Waals surface area contributed by atoms with Gasteiger partial charge in [-0.3, -0.25) is 15.6 Å². The Kier molecular flexibility index (Phi) is 5.53. The number of nitrogens with one attached hydrogen (secondary N) is 2. The standard InChI is InChI=1S/C21H13Cl3N4O/c22-13-7-9-18-16(10-13)19(12-4-2-1-3-5-12)26-21(25-18)28-27-20(29)15-8-6-14(23)11-17(15)24/h1-11H,(H,27,29)(H,25,26,28). The zero-order chi connectivity index (χ0) is 20.4. The number of benzene rings is 3. The summed E-state index contributed by atoms with van der Waals surface area (Å²) in [5, 5.41) is 2.09. The summed E-state index contributed by atoms with van der Waals surface area (Å²) < 4.78 is 0. The molecule has 0 spiro atoms. The molecule has 0 atom stereocenters. The molecule has 4 rings (SSSR count). The lowest BCUT2D eigenvalue weighted by Crippen LogP contribution is -2.30. The Morgan fingerprint density at radius 1 is 0.828 bits per heavy atom. The minimum atomic E-state index is -0.437. The van der Waals surface area contributed by atoms with Crippen LogP contribution >= 0.6 is 34.8 Å². The molecule has 0 fully saturated rings. The van der Waals surface area contributed by atoms with Crippen molar-refractivity contribution in [2.45, 2.75) is 0 Å². The maximum Gasteiger partial charge on any atom is 0.271 e. The van der Waals surface area contributed by atoms with Crippen LogP contribution < -0.4 is 10.9 Å². The molecular formula is C21H13Cl3N4O. The number of hydrogen-bond acceptors (Lipinski definition) is 4. The SMILES string of the molecule is O=C(NNc1nc(-c2ccccc2)c2cc(Cl)ccc2n1)c1ccc(Cl)cc1Cl. The van der Waals surface area contributed by atoms with Gasteiger partial charge in [0.1, 0.15) is 0 Å². The third kappa shape index (κ3) is 4.27. The van der Waals surface area contributed by atoms with Gasteiger partial charge in [-0.2, -0.15) is 0 Å². The van der Waals surface area contributed by atoms with E-state index in [0.717, 1.165) is 10.9 Å². The molecule has 0 saturated carbocycles. The third-order valence-corrected chi connectivity index (χ3v) is 4.95. The quantitative estimate of drug-likeness (QED) is 0.379. The highest BCUT2D eigenvalue weighted by Crippen LogP contribution is 2.29. The minimum Gasteiger partial charge on any atom is -0.267 e. The lowest BCUT2D eigenvalue weighted by molar-refractivity contribution is 0.0962. The van der Waals surface area contributed by atoms with Crippen molar-refractivity contribution in [2.75, 3.05) is 5.43 Å². The molecular weight excluding hydrogens is 431 g/mol. The molecule has 8 heteroatoms. The van der Waals surface area contributed by atoms with E-state index in [2.05, 4.69) is 20.8 Å². The van der Waals surface area contributed by atoms with Crippen LogP contribution in [0.15, 0.2) is 66.7 Å². The highest BCUT2D eigenvalue weighted by atomic mass is 35.5. The second kappa shape index (κ2) is 8.25. The Bertz CT molecular complexity index is 1220. The van der Waals surface area contributed by atoms with Gasteiger partial charge in [0, 0.05) is 21.0 Å². The summed E-state index contributed by atoms with van der Waals surface area (Å²) >= 11 is 18.1. The number of hydrazine groups is 1. The lowest BCUT2D eigenvalue weighted by Gasteiger charge is -2.12. The Balaban J connectivity index is 1.67. The molecule has 0 aliphatic rings. The lowest BCUT2D eigenvalue weighted by atomic mass is 10.1. The average Bonchev–Trinajstić information content (AvgIpc) is 2.72. The van der Waals surface area contributed by atoms with Gasteiger partial charge in [-0.05, 0) is 36.4 Å². The van der Waals surface area contributed by atoms with Crippen molar-refractivity contribution in [3.8, 4) is 11.3 Å². The zero-order valence-corrected chi connectivity index (χ0v) is 17.1. The number of rotatable bonds is 4. The smallest absolute Gasteiger partial charge is 0.267 e. The van der Waals surface area contributed by atoms with Crippen LogP contribution in [0.3, 0.4) is 0 Å². The second-order valence-electron chi connectivity index (χ2n) is 6.13. The Morgan fingerprint density at radius 3 is 2.31 bits per heavy atom. The molecule has 144 valence electrons. The maximum absolute atomic E-state index is 12.4. The van der Waals surface area contributed by atoms with Crippen molar-refractivity contribution >= 4 is 57.6 Å². The third-order valence-electron chi connectivity index (χ3n) is 4.17. The predicted molar refractivity (Wildman–Crippen MR) is 118 cm³/mol. The molecule has 1 heterocycles. The van der Waals surface area contributed by atoms with Crippen LogP contribution in [0, 0.1) is 0 Å². The van der Waals surface area contributed by atoms with Gasteiger partial charge in [0.2, 0.25) is 5.95 Å². The molecule has 0 unspecified atom stereocenters. The fourth-order valence-corrected chi connectivity index (χ4v) is 3.49. The van der Waals surface area contributed by atoms with Gasteiger partial charge in [0.25, 0.3) is 5.91 Å². The van der Waals surface area contributed by atoms with Crippen molar-refractivity contribution in [2.24, 2.45) is 0 Å². The van der Waals surface area contributed by atoms with E-state index >= 15 is 0 Å². The number of halogens is 3. The molecule has 1 aromatic heterocycles. The average molecular weight is 444 g/mol. The Morgan fingerprint density at radius 2 is 1.55 bits per heavy atom. The van der Waals surface area contributed by atoms with Crippen molar-refractivity contribution < 1.29 is 4.79 Å². The van der Waals surface area contributed by atoms with Gasteiger partial charge < -0.3 is 0 Å². The molecule has 3 aromatic carbocycles. The molecule has 0 aliphatic heterocycles. The number of amides is 1. The van der Waals surface area contributed by atoms with E-state index in [1.807, 2.05) is 36.4 Å². The van der Waals surface area contributed by atoms with Crippen LogP contribution in [0.5, 0.6) is 0 Å². The molecule has 0 radical (unpaired) electrons. The van der Waals surface area contributed by atoms with Gasteiger partial charge in [-0.1, -0.05) is 65.1 Å². The van der Waals surface area contributed by atoms with Gasteiger partial charge in [-0.15, -0.1) is 0 Å². The van der Waals surface area contributed by atoms with Gasteiger partial charge in [-0.25, -0.2) is 9.97 Å². The molecule has 0 bridgehead atoms. The van der Waals surface area contributed by atoms with E-state index in [1.54, 1.807) is 24.3 Å². The minimum absolute atomic E-state index is 0.233. The molecule has 1 amide bonds. The number of nitrogens with zero attached hydrogens (tertiary/aromatic N) is 2. The molecule has 2 N–H and O–H groups in total. The van der Waals surface area contributed by atoms with E-state index in [4.69, 9.17) is 34.8 Å². The fourth-order valence-electron chi connectivity index (χ4n) is 2.83. The van der Waals surface area contributed by atoms with Crippen molar-refractivity contribution in [1.82, 2.24) is 15.4 Å². The van der Waals surface area contributed by atoms with E-state index < -0.39 is 5.91 Å². The highest BCUT2D eigenvalue weighted by molar-refractivity contribution is 6.36. The highest BCUT2D eigenvalue weighted by Gasteiger charge is 2.13. The van der Waals surface area contributed by atoms with E-state index in [9.17, 15) is 4.79 Å². The van der Waals surface area contributed by atoms with Crippen LogP contribution in [0.2, 0.25) is 15.1 Å². The first-order valence-corrected chi connectivity index (χ1v) is 9.69. The number of carbonyl (C=O) groups excluding carboxylic acids is 1. The molecule has 29 heavy (non-hydrogen) atoms. The van der Waals surface area contributed by atoms with E-state index in [0.29, 0.717) is 21.3 Å². The first kappa shape index (κ1) is 19.5. The van der Waals surface area contributed by atoms with E-state index in [-0.39, 0.29) is 16.5 Å². The van der Waals surface area contributed by atoms with Gasteiger partial charge in [0.15, 0.2) is 0 Å². The fraction of sp³-hybridized carbons (Fsp3) is 0. The predicted octanol–water partition coefficient (Wildman–Crippen LogP) is 6.01. The van der Waals surface area contributed by atoms with Crippen LogP contribution in [0.25, 0.3) is 22.2 Å². The summed E-state index contributed by atoms with van der Waals surface area (Å²) in [6.45, 7) is 0. The number of carbonyl (C=O) groups is 1. The normalized spacial score (nSPS) is 10.7. The van der Waals surface area contributed by atoms with Gasteiger partial charge in [0.05, 0.1) is 21.8 Å². The van der Waals surface area contributed by atoms with Crippen molar-refractivity contribution in [3.63, 3.8) is 0 Å².